The van der Waals surface area contributed by atoms with Crippen molar-refractivity contribution >= 4 is 32.8 Å². The van der Waals surface area contributed by atoms with Crippen LogP contribution in [-0.4, -0.2) is 60.7 Å². The first-order chi connectivity index (χ1) is 19.2. The number of methoxy groups -OCH3 is 1. The Morgan fingerprint density at radius 2 is 1.93 bits per heavy atom. The van der Waals surface area contributed by atoms with Crippen molar-refractivity contribution in [3.8, 4) is 11.5 Å². The van der Waals surface area contributed by atoms with Gasteiger partial charge in [0.05, 0.1) is 25.7 Å². The Labute approximate surface area is 234 Å². The zero-order valence-corrected chi connectivity index (χ0v) is 24.1. The SMILES string of the molecule is COc1ccc(CN2CCC(Nc3nc4cc(NS(=O)(=O)c5cn(C)cn5)ccc4o3)CC2)cc1OCC(C)C. The average molecular weight is 569 g/mol. The van der Waals surface area contributed by atoms with Gasteiger partial charge in [0, 0.05) is 38.9 Å². The van der Waals surface area contributed by atoms with Gasteiger partial charge in [-0.1, -0.05) is 19.9 Å². The molecule has 0 spiro atoms. The fourth-order valence-corrected chi connectivity index (χ4v) is 5.68. The predicted octanol–water partition coefficient (Wildman–Crippen LogP) is 4.48. The van der Waals surface area contributed by atoms with Crippen LogP contribution in [0.25, 0.3) is 11.1 Å². The lowest BCUT2D eigenvalue weighted by atomic mass is 10.0. The van der Waals surface area contributed by atoms with E-state index in [9.17, 15) is 8.42 Å². The van der Waals surface area contributed by atoms with Gasteiger partial charge in [-0.3, -0.25) is 9.62 Å². The minimum atomic E-state index is -3.79. The molecule has 3 heterocycles. The van der Waals surface area contributed by atoms with Gasteiger partial charge < -0.3 is 23.8 Å². The lowest BCUT2D eigenvalue weighted by Gasteiger charge is -2.32. The van der Waals surface area contributed by atoms with Gasteiger partial charge in [0.2, 0.25) is 0 Å². The lowest BCUT2D eigenvalue weighted by molar-refractivity contribution is 0.209. The number of imidazole rings is 1. The van der Waals surface area contributed by atoms with Crippen LogP contribution >= 0.6 is 0 Å². The summed E-state index contributed by atoms with van der Waals surface area (Å²) >= 11 is 0. The number of hydrogen-bond donors (Lipinski definition) is 2. The molecule has 1 saturated heterocycles. The number of ether oxygens (including phenoxy) is 2. The molecule has 0 amide bonds. The van der Waals surface area contributed by atoms with Crippen LogP contribution in [0.15, 0.2) is 58.4 Å². The van der Waals surface area contributed by atoms with Gasteiger partial charge in [0.1, 0.15) is 5.52 Å². The van der Waals surface area contributed by atoms with Gasteiger partial charge >= 0.3 is 0 Å². The molecule has 0 radical (unpaired) electrons. The monoisotopic (exact) mass is 568 g/mol. The molecule has 1 fully saturated rings. The largest absolute Gasteiger partial charge is 0.493 e. The number of rotatable bonds is 11. The van der Waals surface area contributed by atoms with Crippen molar-refractivity contribution in [2.45, 2.75) is 44.3 Å². The summed E-state index contributed by atoms with van der Waals surface area (Å²) in [6.45, 7) is 7.61. The number of anilines is 2. The maximum Gasteiger partial charge on any atom is 0.295 e. The Hall–Kier alpha value is -3.77. The molecular weight excluding hydrogens is 532 g/mol. The molecule has 214 valence electrons. The molecule has 0 unspecified atom stereocenters. The minimum Gasteiger partial charge on any atom is -0.493 e. The molecule has 0 atom stereocenters. The standard InChI is InChI=1S/C28H36N6O5S/c1-19(2)17-38-26-13-20(5-7-25(26)37-4)15-34-11-9-21(10-12-34)30-28-31-23-14-22(6-8-24(23)39-28)32-40(35,36)27-16-33(3)18-29-27/h5-8,13-14,16,18-19,21,32H,9-12,15,17H2,1-4H3,(H,30,31). The first-order valence-electron chi connectivity index (χ1n) is 13.4. The first kappa shape index (κ1) is 27.8. The average Bonchev–Trinajstić information content (AvgIpc) is 3.54. The van der Waals surface area contributed by atoms with Crippen LogP contribution in [0.3, 0.4) is 0 Å². The highest BCUT2D eigenvalue weighted by atomic mass is 32.2. The van der Waals surface area contributed by atoms with Crippen LogP contribution in [0.2, 0.25) is 0 Å². The fourth-order valence-electron chi connectivity index (χ4n) is 4.64. The molecule has 12 heteroatoms. The van der Waals surface area contributed by atoms with Gasteiger partial charge in [-0.2, -0.15) is 13.4 Å². The summed E-state index contributed by atoms with van der Waals surface area (Å²) in [5.41, 5.74) is 2.73. The number of sulfonamides is 1. The summed E-state index contributed by atoms with van der Waals surface area (Å²) in [4.78, 5) is 10.9. The third kappa shape index (κ3) is 6.68. The summed E-state index contributed by atoms with van der Waals surface area (Å²) in [7, 11) is -0.414. The quantitative estimate of drug-likeness (QED) is 0.269. The van der Waals surface area contributed by atoms with E-state index in [1.54, 1.807) is 36.9 Å². The Morgan fingerprint density at radius 3 is 2.62 bits per heavy atom. The molecule has 5 rings (SSSR count). The topological polar surface area (TPSA) is 124 Å². The number of hydrogen-bond acceptors (Lipinski definition) is 9. The highest BCUT2D eigenvalue weighted by molar-refractivity contribution is 7.92. The van der Waals surface area contributed by atoms with Crippen molar-refractivity contribution in [2.75, 3.05) is 36.8 Å². The highest BCUT2D eigenvalue weighted by Crippen LogP contribution is 2.30. The van der Waals surface area contributed by atoms with Gasteiger partial charge in [0.25, 0.3) is 16.0 Å². The molecule has 0 bridgehead atoms. The Bertz CT molecular complexity index is 1560. The van der Waals surface area contributed by atoms with Crippen LogP contribution < -0.4 is 19.5 Å². The molecule has 1 aliphatic rings. The predicted molar refractivity (Wildman–Crippen MR) is 153 cm³/mol. The summed E-state index contributed by atoms with van der Waals surface area (Å²) < 4.78 is 46.7. The second-order valence-electron chi connectivity index (χ2n) is 10.6. The van der Waals surface area contributed by atoms with E-state index in [0.717, 1.165) is 44.0 Å². The maximum absolute atomic E-state index is 12.6. The smallest absolute Gasteiger partial charge is 0.295 e. The van der Waals surface area contributed by atoms with Crippen LogP contribution in [0.1, 0.15) is 32.3 Å². The van der Waals surface area contributed by atoms with Crippen LogP contribution in [-0.2, 0) is 23.6 Å². The third-order valence-electron chi connectivity index (χ3n) is 6.72. The van der Waals surface area contributed by atoms with E-state index < -0.39 is 10.0 Å². The van der Waals surface area contributed by atoms with Crippen LogP contribution in [0.4, 0.5) is 11.7 Å². The van der Waals surface area contributed by atoms with Gasteiger partial charge in [0.15, 0.2) is 22.1 Å². The normalized spacial score (nSPS) is 15.0. The van der Waals surface area contributed by atoms with Crippen LogP contribution in [0.5, 0.6) is 11.5 Å². The number of benzene rings is 2. The molecule has 2 aromatic heterocycles. The lowest BCUT2D eigenvalue weighted by Crippen LogP contribution is -2.38. The van der Waals surface area contributed by atoms with E-state index in [1.165, 1.54) is 18.1 Å². The first-order valence-corrected chi connectivity index (χ1v) is 14.9. The van der Waals surface area contributed by atoms with E-state index in [2.05, 4.69) is 50.9 Å². The van der Waals surface area contributed by atoms with Crippen molar-refractivity contribution < 1.29 is 22.3 Å². The molecule has 11 nitrogen and oxygen atoms in total. The van der Waals surface area contributed by atoms with Crippen molar-refractivity contribution in [1.82, 2.24) is 19.4 Å². The Kier molecular flexibility index (Phi) is 8.17. The van der Waals surface area contributed by atoms with Crippen molar-refractivity contribution in [2.24, 2.45) is 13.0 Å². The number of fused-ring (bicyclic) bond motifs is 1. The molecule has 1 aliphatic heterocycles. The Balaban J connectivity index is 1.16. The third-order valence-corrected chi connectivity index (χ3v) is 7.98. The number of aryl methyl sites for hydroxylation is 1. The molecule has 2 aromatic carbocycles. The van der Waals surface area contributed by atoms with E-state index in [0.29, 0.717) is 35.3 Å². The number of likely N-dealkylation sites (tertiary alicyclic amines) is 1. The molecule has 4 aromatic rings. The number of piperidine rings is 1. The molecular formula is C28H36N6O5S. The molecule has 0 aliphatic carbocycles. The number of aromatic nitrogens is 3. The summed E-state index contributed by atoms with van der Waals surface area (Å²) in [6.07, 6.45) is 4.78. The van der Waals surface area contributed by atoms with Gasteiger partial charge in [-0.15, -0.1) is 0 Å². The number of nitrogens with zero attached hydrogens (tertiary/aromatic N) is 4. The summed E-state index contributed by atoms with van der Waals surface area (Å²) in [5.74, 6) is 1.98. The zero-order valence-electron chi connectivity index (χ0n) is 23.3. The number of oxazole rings is 1. The molecule has 2 N–H and O–H groups in total. The van der Waals surface area contributed by atoms with Gasteiger partial charge in [-0.05, 0) is 54.7 Å². The minimum absolute atomic E-state index is 0.0455. The fraction of sp³-hybridized carbons (Fsp3) is 0.429. The van der Waals surface area contributed by atoms with Crippen molar-refractivity contribution in [3.05, 3.63) is 54.5 Å². The van der Waals surface area contributed by atoms with E-state index in [4.69, 9.17) is 13.9 Å². The van der Waals surface area contributed by atoms with Crippen molar-refractivity contribution in [3.63, 3.8) is 0 Å². The zero-order chi connectivity index (χ0) is 28.3. The van der Waals surface area contributed by atoms with Crippen LogP contribution in [0, 0.1) is 5.92 Å². The van der Waals surface area contributed by atoms with Crippen molar-refractivity contribution in [1.29, 1.82) is 0 Å². The Morgan fingerprint density at radius 1 is 1.12 bits per heavy atom. The van der Waals surface area contributed by atoms with E-state index >= 15 is 0 Å². The summed E-state index contributed by atoms with van der Waals surface area (Å²) in [6, 6.07) is 11.8. The maximum atomic E-state index is 12.6. The van der Waals surface area contributed by atoms with E-state index in [1.807, 2.05) is 6.07 Å². The highest BCUT2D eigenvalue weighted by Gasteiger charge is 2.22. The molecule has 0 saturated carbocycles. The number of nitrogens with one attached hydrogen (secondary N) is 2. The second kappa shape index (κ2) is 11.8. The second-order valence-corrected chi connectivity index (χ2v) is 12.2. The van der Waals surface area contributed by atoms with E-state index in [-0.39, 0.29) is 11.1 Å². The van der Waals surface area contributed by atoms with Gasteiger partial charge in [-0.25, -0.2) is 4.98 Å². The molecule has 40 heavy (non-hydrogen) atoms. The summed E-state index contributed by atoms with van der Waals surface area (Å²) in [5, 5.41) is 3.36.